The van der Waals surface area contributed by atoms with E-state index in [0.717, 1.165) is 32.2 Å². The predicted octanol–water partition coefficient (Wildman–Crippen LogP) is 1.53. The second-order valence-corrected chi connectivity index (χ2v) is 6.57. The smallest absolute Gasteiger partial charge is 0.223 e. The highest BCUT2D eigenvalue weighted by atomic mass is 16.3. The summed E-state index contributed by atoms with van der Waals surface area (Å²) in [5, 5.41) is 13.8. The van der Waals surface area contributed by atoms with Gasteiger partial charge in [-0.15, -0.1) is 0 Å². The fourth-order valence-corrected chi connectivity index (χ4v) is 3.45. The number of rotatable bonds is 4. The standard InChI is InChI=1S/C15H28N2O2/c1-12-6-5-9-16-13(12)10-14(18)17(2)11-15(19)7-3-4-8-15/h12-13,16,19H,3-11H2,1-2H3. The molecule has 2 rings (SSSR count). The number of likely N-dealkylation sites (N-methyl/N-ethyl adjacent to an activating group) is 1. The highest BCUT2D eigenvalue weighted by Gasteiger charge is 2.34. The number of nitrogens with zero attached hydrogens (tertiary/aromatic N) is 1. The number of piperidine rings is 1. The van der Waals surface area contributed by atoms with Crippen LogP contribution in [0.3, 0.4) is 0 Å². The van der Waals surface area contributed by atoms with Gasteiger partial charge in [0.2, 0.25) is 5.91 Å². The number of nitrogens with one attached hydrogen (secondary N) is 1. The van der Waals surface area contributed by atoms with Gasteiger partial charge in [0, 0.05) is 26.1 Å². The van der Waals surface area contributed by atoms with Gasteiger partial charge >= 0.3 is 0 Å². The molecule has 0 spiro atoms. The third-order valence-corrected chi connectivity index (χ3v) is 4.82. The molecule has 4 heteroatoms. The lowest BCUT2D eigenvalue weighted by molar-refractivity contribution is -0.134. The van der Waals surface area contributed by atoms with Gasteiger partial charge in [0.25, 0.3) is 0 Å². The van der Waals surface area contributed by atoms with Crippen molar-refractivity contribution in [2.45, 2.75) is 63.5 Å². The van der Waals surface area contributed by atoms with Gasteiger partial charge in [-0.1, -0.05) is 19.8 Å². The van der Waals surface area contributed by atoms with Gasteiger partial charge in [0.15, 0.2) is 0 Å². The van der Waals surface area contributed by atoms with Crippen LogP contribution in [0.15, 0.2) is 0 Å². The molecule has 0 radical (unpaired) electrons. The quantitative estimate of drug-likeness (QED) is 0.813. The van der Waals surface area contributed by atoms with Crippen molar-refractivity contribution in [2.75, 3.05) is 20.1 Å². The number of carbonyl (C=O) groups excluding carboxylic acids is 1. The highest BCUT2D eigenvalue weighted by Crippen LogP contribution is 2.30. The van der Waals surface area contributed by atoms with Crippen LogP contribution in [0.5, 0.6) is 0 Å². The van der Waals surface area contributed by atoms with Crippen LogP contribution in [-0.2, 0) is 4.79 Å². The van der Waals surface area contributed by atoms with E-state index in [2.05, 4.69) is 12.2 Å². The van der Waals surface area contributed by atoms with Crippen molar-refractivity contribution >= 4 is 5.91 Å². The number of hydrogen-bond donors (Lipinski definition) is 2. The van der Waals surface area contributed by atoms with Gasteiger partial charge in [0.1, 0.15) is 0 Å². The molecule has 2 aliphatic rings. The first-order valence-corrected chi connectivity index (χ1v) is 7.70. The summed E-state index contributed by atoms with van der Waals surface area (Å²) in [4.78, 5) is 14.0. The molecule has 0 aromatic rings. The summed E-state index contributed by atoms with van der Waals surface area (Å²) in [7, 11) is 1.83. The first-order chi connectivity index (χ1) is 9.00. The molecule has 1 aliphatic carbocycles. The van der Waals surface area contributed by atoms with Crippen molar-refractivity contribution in [1.29, 1.82) is 0 Å². The zero-order chi connectivity index (χ0) is 13.9. The van der Waals surface area contributed by atoms with Crippen LogP contribution in [0.1, 0.15) is 51.9 Å². The van der Waals surface area contributed by atoms with Gasteiger partial charge in [-0.2, -0.15) is 0 Å². The SMILES string of the molecule is CC1CCCNC1CC(=O)N(C)CC1(O)CCCC1. The molecule has 1 saturated carbocycles. The average Bonchev–Trinajstić information content (AvgIpc) is 2.78. The normalized spacial score (nSPS) is 30.3. The maximum atomic E-state index is 12.3. The van der Waals surface area contributed by atoms with Crippen molar-refractivity contribution in [2.24, 2.45) is 5.92 Å². The first-order valence-electron chi connectivity index (χ1n) is 7.70. The van der Waals surface area contributed by atoms with E-state index in [1.807, 2.05) is 7.05 Å². The van der Waals surface area contributed by atoms with Gasteiger partial charge in [0.05, 0.1) is 5.60 Å². The lowest BCUT2D eigenvalue weighted by atomic mass is 9.90. The van der Waals surface area contributed by atoms with Crippen LogP contribution in [0, 0.1) is 5.92 Å². The fourth-order valence-electron chi connectivity index (χ4n) is 3.45. The molecule has 2 unspecified atom stereocenters. The molecule has 1 amide bonds. The lowest BCUT2D eigenvalue weighted by Gasteiger charge is -2.33. The van der Waals surface area contributed by atoms with Crippen molar-refractivity contribution in [1.82, 2.24) is 10.2 Å². The third-order valence-electron chi connectivity index (χ3n) is 4.82. The number of aliphatic hydroxyl groups is 1. The summed E-state index contributed by atoms with van der Waals surface area (Å²) in [6.07, 6.45) is 6.82. The second kappa shape index (κ2) is 6.23. The zero-order valence-electron chi connectivity index (χ0n) is 12.3. The average molecular weight is 268 g/mol. The van der Waals surface area contributed by atoms with E-state index >= 15 is 0 Å². The number of amides is 1. The molecule has 19 heavy (non-hydrogen) atoms. The Kier molecular flexibility index (Phi) is 4.85. The van der Waals surface area contributed by atoms with E-state index in [4.69, 9.17) is 0 Å². The van der Waals surface area contributed by atoms with E-state index in [1.165, 1.54) is 12.8 Å². The molecule has 1 aliphatic heterocycles. The summed E-state index contributed by atoms with van der Waals surface area (Å²) >= 11 is 0. The minimum atomic E-state index is -0.629. The Hall–Kier alpha value is -0.610. The van der Waals surface area contributed by atoms with Crippen molar-refractivity contribution in [3.63, 3.8) is 0 Å². The number of carbonyl (C=O) groups is 1. The molecule has 110 valence electrons. The van der Waals surface area contributed by atoms with Crippen molar-refractivity contribution in [3.05, 3.63) is 0 Å². The van der Waals surface area contributed by atoms with E-state index < -0.39 is 5.60 Å². The Balaban J connectivity index is 1.81. The number of hydrogen-bond acceptors (Lipinski definition) is 3. The Bertz CT molecular complexity index is 313. The van der Waals surface area contributed by atoms with Crippen LogP contribution < -0.4 is 5.32 Å². The zero-order valence-corrected chi connectivity index (χ0v) is 12.3. The Labute approximate surface area is 116 Å². The van der Waals surface area contributed by atoms with Gasteiger partial charge in [-0.05, 0) is 38.1 Å². The van der Waals surface area contributed by atoms with Gasteiger partial charge in [-0.3, -0.25) is 4.79 Å². The molecule has 2 N–H and O–H groups in total. The lowest BCUT2D eigenvalue weighted by Crippen LogP contribution is -2.47. The molecule has 2 atom stereocenters. The fraction of sp³-hybridized carbons (Fsp3) is 0.933. The first kappa shape index (κ1) is 14.8. The molecule has 2 fully saturated rings. The highest BCUT2D eigenvalue weighted by molar-refractivity contribution is 5.76. The molecule has 0 bridgehead atoms. The Morgan fingerprint density at radius 2 is 2.05 bits per heavy atom. The summed E-state index contributed by atoms with van der Waals surface area (Å²) in [6.45, 7) is 3.73. The Morgan fingerprint density at radius 1 is 1.37 bits per heavy atom. The summed E-state index contributed by atoms with van der Waals surface area (Å²) < 4.78 is 0. The van der Waals surface area contributed by atoms with Crippen LogP contribution in [0.25, 0.3) is 0 Å². The molecule has 1 heterocycles. The van der Waals surface area contributed by atoms with Crippen LogP contribution in [-0.4, -0.2) is 47.7 Å². The van der Waals surface area contributed by atoms with E-state index in [-0.39, 0.29) is 5.91 Å². The molecule has 0 aromatic carbocycles. The maximum absolute atomic E-state index is 12.3. The van der Waals surface area contributed by atoms with E-state index in [9.17, 15) is 9.90 Å². The predicted molar refractivity (Wildman–Crippen MR) is 75.9 cm³/mol. The van der Waals surface area contributed by atoms with Crippen LogP contribution in [0.4, 0.5) is 0 Å². The molecule has 0 aromatic heterocycles. The maximum Gasteiger partial charge on any atom is 0.223 e. The van der Waals surface area contributed by atoms with Crippen LogP contribution >= 0.6 is 0 Å². The topological polar surface area (TPSA) is 52.6 Å². The summed E-state index contributed by atoms with van der Waals surface area (Å²) in [6, 6.07) is 0.307. The minimum absolute atomic E-state index is 0.159. The molecule has 1 saturated heterocycles. The second-order valence-electron chi connectivity index (χ2n) is 6.57. The van der Waals surface area contributed by atoms with E-state index in [1.54, 1.807) is 4.90 Å². The van der Waals surface area contributed by atoms with E-state index in [0.29, 0.717) is 24.9 Å². The van der Waals surface area contributed by atoms with Crippen LogP contribution in [0.2, 0.25) is 0 Å². The van der Waals surface area contributed by atoms with Gasteiger partial charge < -0.3 is 15.3 Å². The van der Waals surface area contributed by atoms with Crippen molar-refractivity contribution < 1.29 is 9.90 Å². The Morgan fingerprint density at radius 3 is 2.68 bits per heavy atom. The van der Waals surface area contributed by atoms with Crippen molar-refractivity contribution in [3.8, 4) is 0 Å². The summed E-state index contributed by atoms with van der Waals surface area (Å²) in [5.41, 5.74) is -0.629. The molecular formula is C15H28N2O2. The molecular weight excluding hydrogens is 240 g/mol. The van der Waals surface area contributed by atoms with Gasteiger partial charge in [-0.25, -0.2) is 0 Å². The minimum Gasteiger partial charge on any atom is -0.388 e. The summed E-state index contributed by atoms with van der Waals surface area (Å²) in [5.74, 6) is 0.729. The largest absolute Gasteiger partial charge is 0.388 e. The molecule has 4 nitrogen and oxygen atoms in total. The third kappa shape index (κ3) is 3.93. The monoisotopic (exact) mass is 268 g/mol.